The first kappa shape index (κ1) is 22.2. The van der Waals surface area contributed by atoms with Gasteiger partial charge in [-0.15, -0.1) is 0 Å². The van der Waals surface area contributed by atoms with E-state index in [1.165, 1.54) is 14.2 Å². The molecule has 3 aliphatic rings. The smallest absolute Gasteiger partial charge is 0.324 e. The molecule has 1 fully saturated rings. The number of rotatable bonds is 4. The van der Waals surface area contributed by atoms with Crippen LogP contribution in [-0.4, -0.2) is 63.8 Å². The van der Waals surface area contributed by atoms with E-state index in [0.717, 1.165) is 11.1 Å². The summed E-state index contributed by atoms with van der Waals surface area (Å²) in [5, 5.41) is 2.95. The lowest BCUT2D eigenvalue weighted by Gasteiger charge is -2.40. The van der Waals surface area contributed by atoms with Gasteiger partial charge in [0.1, 0.15) is 17.4 Å². The standard InChI is InChI=1S/C25H26N2O7/c1-31-17-11-13-9-10-27-20(23(29)34-4)19(22(28)33-3)25(21(27)14(13)12-18(17)32-2)15-7-5-6-8-16(15)26-24(25)30/h5-8,11-12,19-21H,9-10H2,1-4H3,(H,26,30)/t19-,20+,21+,25-/m0/s1. The molecule has 178 valence electrons. The van der Waals surface area contributed by atoms with Crippen LogP contribution in [0.5, 0.6) is 11.5 Å². The van der Waals surface area contributed by atoms with Crippen LogP contribution in [0.4, 0.5) is 5.69 Å². The Labute approximate surface area is 196 Å². The molecule has 2 aromatic rings. The Morgan fingerprint density at radius 2 is 1.68 bits per heavy atom. The van der Waals surface area contributed by atoms with E-state index in [2.05, 4.69) is 5.32 Å². The molecule has 1 amide bonds. The Morgan fingerprint density at radius 1 is 1.00 bits per heavy atom. The maximum absolute atomic E-state index is 13.9. The highest BCUT2D eigenvalue weighted by Gasteiger charge is 2.72. The van der Waals surface area contributed by atoms with Crippen LogP contribution in [0, 0.1) is 5.92 Å². The maximum Gasteiger partial charge on any atom is 0.324 e. The van der Waals surface area contributed by atoms with Crippen molar-refractivity contribution < 1.29 is 33.3 Å². The van der Waals surface area contributed by atoms with Crippen molar-refractivity contribution in [1.29, 1.82) is 0 Å². The van der Waals surface area contributed by atoms with Gasteiger partial charge in [0.25, 0.3) is 0 Å². The number of methoxy groups -OCH3 is 4. The molecular weight excluding hydrogens is 440 g/mol. The highest BCUT2D eigenvalue weighted by molar-refractivity contribution is 6.11. The molecule has 3 heterocycles. The summed E-state index contributed by atoms with van der Waals surface area (Å²) >= 11 is 0. The molecule has 3 aliphatic heterocycles. The van der Waals surface area contributed by atoms with Crippen molar-refractivity contribution in [3.05, 3.63) is 53.1 Å². The van der Waals surface area contributed by atoms with Gasteiger partial charge >= 0.3 is 11.9 Å². The van der Waals surface area contributed by atoms with Crippen molar-refractivity contribution in [1.82, 2.24) is 4.90 Å². The van der Waals surface area contributed by atoms with Gasteiger partial charge in [-0.05, 0) is 41.3 Å². The number of amides is 1. The number of carbonyl (C=O) groups excluding carboxylic acids is 3. The number of anilines is 1. The molecule has 9 nitrogen and oxygen atoms in total. The second-order valence-corrected chi connectivity index (χ2v) is 8.63. The molecule has 0 bridgehead atoms. The van der Waals surface area contributed by atoms with Crippen LogP contribution < -0.4 is 14.8 Å². The van der Waals surface area contributed by atoms with Gasteiger partial charge in [0.2, 0.25) is 5.91 Å². The van der Waals surface area contributed by atoms with Crippen molar-refractivity contribution in [2.24, 2.45) is 5.92 Å². The van der Waals surface area contributed by atoms with E-state index in [1.807, 2.05) is 35.2 Å². The third-order valence-corrected chi connectivity index (χ3v) is 7.40. The van der Waals surface area contributed by atoms with E-state index >= 15 is 0 Å². The summed E-state index contributed by atoms with van der Waals surface area (Å²) in [4.78, 5) is 42.3. The van der Waals surface area contributed by atoms with Gasteiger partial charge in [0.05, 0.1) is 34.5 Å². The zero-order valence-electron chi connectivity index (χ0n) is 19.4. The van der Waals surface area contributed by atoms with Crippen LogP contribution in [-0.2, 0) is 35.7 Å². The summed E-state index contributed by atoms with van der Waals surface area (Å²) in [5.74, 6) is -1.61. The fourth-order valence-electron chi connectivity index (χ4n) is 6.10. The minimum atomic E-state index is -1.41. The zero-order valence-corrected chi connectivity index (χ0v) is 19.4. The molecule has 5 rings (SSSR count). The molecule has 0 saturated carbocycles. The van der Waals surface area contributed by atoms with Crippen molar-refractivity contribution >= 4 is 23.5 Å². The first-order valence-corrected chi connectivity index (χ1v) is 11.0. The fourth-order valence-corrected chi connectivity index (χ4v) is 6.10. The van der Waals surface area contributed by atoms with Gasteiger partial charge in [-0.1, -0.05) is 18.2 Å². The van der Waals surface area contributed by atoms with E-state index in [-0.39, 0.29) is 5.91 Å². The van der Waals surface area contributed by atoms with Gasteiger partial charge < -0.3 is 24.3 Å². The lowest BCUT2D eigenvalue weighted by molar-refractivity contribution is -0.158. The molecule has 9 heteroatoms. The first-order chi connectivity index (χ1) is 16.4. The SMILES string of the molecule is COC(=O)[C@@H]1[C@H](C(=O)OC)N2CCc3cc(OC)c(OC)cc3[C@@H]2[C@@]12C(=O)Nc1ccccc12. The maximum atomic E-state index is 13.9. The van der Waals surface area contributed by atoms with Crippen LogP contribution in [0.25, 0.3) is 0 Å². The van der Waals surface area contributed by atoms with Gasteiger partial charge in [-0.25, -0.2) is 0 Å². The lowest BCUT2D eigenvalue weighted by atomic mass is 9.64. The minimum absolute atomic E-state index is 0.354. The summed E-state index contributed by atoms with van der Waals surface area (Å²) in [5.41, 5.74) is 1.62. The summed E-state index contributed by atoms with van der Waals surface area (Å²) in [7, 11) is 5.66. The average molecular weight is 466 g/mol. The van der Waals surface area contributed by atoms with Crippen molar-refractivity contribution in [3.8, 4) is 11.5 Å². The molecule has 1 spiro atoms. The highest BCUT2D eigenvalue weighted by Crippen LogP contribution is 2.62. The monoisotopic (exact) mass is 466 g/mol. The molecule has 0 aliphatic carbocycles. The highest BCUT2D eigenvalue weighted by atomic mass is 16.5. The quantitative estimate of drug-likeness (QED) is 0.681. The molecule has 4 atom stereocenters. The number of benzene rings is 2. The molecule has 2 aromatic carbocycles. The number of nitrogens with one attached hydrogen (secondary N) is 1. The molecule has 0 radical (unpaired) electrons. The second kappa shape index (κ2) is 8.02. The Morgan fingerprint density at radius 3 is 2.35 bits per heavy atom. The number of esters is 2. The Bertz CT molecular complexity index is 1200. The molecule has 1 saturated heterocycles. The number of ether oxygens (including phenoxy) is 4. The van der Waals surface area contributed by atoms with E-state index < -0.39 is 35.4 Å². The molecule has 0 unspecified atom stereocenters. The molecule has 34 heavy (non-hydrogen) atoms. The van der Waals surface area contributed by atoms with Gasteiger partial charge in [0.15, 0.2) is 11.5 Å². The van der Waals surface area contributed by atoms with E-state index in [1.54, 1.807) is 20.3 Å². The van der Waals surface area contributed by atoms with Gasteiger partial charge in [-0.2, -0.15) is 0 Å². The third kappa shape index (κ3) is 2.73. The van der Waals surface area contributed by atoms with Crippen molar-refractivity contribution in [2.45, 2.75) is 23.9 Å². The number of fused-ring (bicyclic) bond motifs is 6. The number of nitrogens with zero attached hydrogens (tertiary/aromatic N) is 1. The van der Waals surface area contributed by atoms with Crippen LogP contribution in [0.2, 0.25) is 0 Å². The van der Waals surface area contributed by atoms with Crippen molar-refractivity contribution in [3.63, 3.8) is 0 Å². The van der Waals surface area contributed by atoms with Crippen LogP contribution >= 0.6 is 0 Å². The number of hydrogen-bond donors (Lipinski definition) is 1. The average Bonchev–Trinajstić information content (AvgIpc) is 3.34. The fraction of sp³-hybridized carbons (Fsp3) is 0.400. The van der Waals surface area contributed by atoms with E-state index in [4.69, 9.17) is 18.9 Å². The minimum Gasteiger partial charge on any atom is -0.493 e. The number of carbonyl (C=O) groups is 3. The van der Waals surface area contributed by atoms with E-state index in [0.29, 0.717) is 35.7 Å². The molecule has 1 N–H and O–H groups in total. The number of hydrogen-bond acceptors (Lipinski definition) is 8. The predicted molar refractivity (Wildman–Crippen MR) is 121 cm³/mol. The Balaban J connectivity index is 1.85. The normalized spacial score (nSPS) is 26.8. The predicted octanol–water partition coefficient (Wildman–Crippen LogP) is 1.84. The summed E-state index contributed by atoms with van der Waals surface area (Å²) in [6.07, 6.45) is 0.590. The first-order valence-electron chi connectivity index (χ1n) is 11.0. The second-order valence-electron chi connectivity index (χ2n) is 8.63. The van der Waals surface area contributed by atoms with Crippen molar-refractivity contribution in [2.75, 3.05) is 40.3 Å². The van der Waals surface area contributed by atoms with Crippen LogP contribution in [0.15, 0.2) is 36.4 Å². The van der Waals surface area contributed by atoms with Crippen LogP contribution in [0.1, 0.15) is 22.7 Å². The van der Waals surface area contributed by atoms with E-state index in [9.17, 15) is 14.4 Å². The Hall–Kier alpha value is -3.59. The number of para-hydroxylation sites is 1. The van der Waals surface area contributed by atoms with Gasteiger partial charge in [-0.3, -0.25) is 19.3 Å². The third-order valence-electron chi connectivity index (χ3n) is 7.40. The summed E-state index contributed by atoms with van der Waals surface area (Å²) in [6, 6.07) is 9.38. The topological polar surface area (TPSA) is 103 Å². The molecule has 0 aromatic heterocycles. The lowest BCUT2D eigenvalue weighted by Crippen LogP contribution is -2.49. The Kier molecular flexibility index (Phi) is 5.24. The molecular formula is C25H26N2O7. The van der Waals surface area contributed by atoms with Gasteiger partial charge in [0, 0.05) is 12.2 Å². The van der Waals surface area contributed by atoms with Crippen LogP contribution in [0.3, 0.4) is 0 Å². The largest absolute Gasteiger partial charge is 0.493 e. The summed E-state index contributed by atoms with van der Waals surface area (Å²) in [6.45, 7) is 0.442. The zero-order chi connectivity index (χ0) is 24.2. The summed E-state index contributed by atoms with van der Waals surface area (Å²) < 4.78 is 21.4.